The topological polar surface area (TPSA) is 92.4 Å². The van der Waals surface area contributed by atoms with E-state index in [1.54, 1.807) is 12.1 Å². The van der Waals surface area contributed by atoms with Crippen LogP contribution in [0.25, 0.3) is 0 Å². The molecule has 0 radical (unpaired) electrons. The maximum atomic E-state index is 10.8. The van der Waals surface area contributed by atoms with Crippen LogP contribution >= 0.6 is 0 Å². The van der Waals surface area contributed by atoms with E-state index in [9.17, 15) is 8.42 Å². The van der Waals surface area contributed by atoms with Crippen molar-refractivity contribution in [2.24, 2.45) is 5.73 Å². The van der Waals surface area contributed by atoms with Crippen LogP contribution in [0.5, 0.6) is 0 Å². The Labute approximate surface area is 118 Å². The average Bonchev–Trinajstić information content (AvgIpc) is 2.24. The van der Waals surface area contributed by atoms with Crippen molar-refractivity contribution < 1.29 is 27.1 Å². The van der Waals surface area contributed by atoms with E-state index in [1.807, 2.05) is 18.2 Å². The van der Waals surface area contributed by atoms with Crippen LogP contribution < -0.4 is 10.5 Å². The first kappa shape index (κ1) is 27.3. The van der Waals surface area contributed by atoms with Gasteiger partial charge in [0.15, 0.2) is 0 Å². The third kappa shape index (κ3) is 10.8. The van der Waals surface area contributed by atoms with Gasteiger partial charge in [0.2, 0.25) is 0 Å². The van der Waals surface area contributed by atoms with Crippen LogP contribution in [0.15, 0.2) is 30.3 Å². The predicted molar refractivity (Wildman–Crippen MR) is 79.6 cm³/mol. The van der Waals surface area contributed by atoms with E-state index in [0.717, 1.165) is 5.56 Å². The Morgan fingerprint density at radius 3 is 2.05 bits per heavy atom. The quantitative estimate of drug-likeness (QED) is 0.514. The largest absolute Gasteiger partial charge is 0.333 e. The summed E-state index contributed by atoms with van der Waals surface area (Å²) in [5, 5.41) is 0. The number of benzene rings is 1. The molecular formula is C10H22BF3N2O3S. The molecule has 1 rings (SSSR count). The second-order valence-corrected chi connectivity index (χ2v) is 4.67. The predicted octanol–water partition coefficient (Wildman–Crippen LogP) is 0.133. The van der Waals surface area contributed by atoms with Crippen molar-refractivity contribution in [3.8, 4) is 0 Å². The van der Waals surface area contributed by atoms with Crippen LogP contribution in [0.4, 0.5) is 14.1 Å². The van der Waals surface area contributed by atoms with Crippen LogP contribution in [0.2, 0.25) is 0 Å². The van der Waals surface area contributed by atoms with Gasteiger partial charge in [0.25, 0.3) is 0 Å². The van der Waals surface area contributed by atoms with Gasteiger partial charge in [-0.2, -0.15) is 13.1 Å². The first-order chi connectivity index (χ1) is 7.53. The summed E-state index contributed by atoms with van der Waals surface area (Å²) >= 11 is 0. The molecule has 0 saturated carbocycles. The van der Waals surface area contributed by atoms with Gasteiger partial charge >= 0.3 is 10.3 Å². The number of nitrogens with two attached hydrogens (primary N) is 1. The third-order valence-electron chi connectivity index (χ3n) is 2.19. The Morgan fingerprint density at radius 1 is 1.15 bits per heavy atom. The Bertz CT molecular complexity index is 423. The monoisotopic (exact) mass is 318 g/mol. The number of hydrogen-bond donors (Lipinski definition) is 3. The number of hydrogen-bond acceptors (Lipinski definition) is 3. The minimum absolute atomic E-state index is 0. The molecule has 0 aliphatic heterocycles. The lowest BCUT2D eigenvalue weighted by Gasteiger charge is -2.16. The van der Waals surface area contributed by atoms with Crippen LogP contribution in [-0.2, 0) is 10.3 Å². The minimum atomic E-state index is -4.19. The van der Waals surface area contributed by atoms with Crippen molar-refractivity contribution >= 4 is 18.7 Å². The summed E-state index contributed by atoms with van der Waals surface area (Å²) in [6.45, 7) is 0.483. The molecule has 0 aliphatic carbocycles. The normalized spacial score (nSPS) is 10.9. The van der Waals surface area contributed by atoms with E-state index in [2.05, 4.69) is 4.72 Å². The molecule has 0 spiro atoms. The fourth-order valence-corrected chi connectivity index (χ4v) is 2.09. The van der Waals surface area contributed by atoms with Crippen LogP contribution in [0.1, 0.15) is 24.4 Å². The third-order valence-corrected chi connectivity index (χ3v) is 2.77. The molecule has 5 nitrogen and oxygen atoms in total. The fourth-order valence-electron chi connectivity index (χ4n) is 1.48. The Hall–Kier alpha value is -1.10. The van der Waals surface area contributed by atoms with E-state index in [0.29, 0.717) is 19.4 Å². The summed E-state index contributed by atoms with van der Waals surface area (Å²) in [6, 6.07) is 8.66. The molecule has 1 unspecified atom stereocenters. The molecule has 20 heavy (non-hydrogen) atoms. The molecule has 0 bridgehead atoms. The molecule has 1 aromatic rings. The number of rotatable bonds is 6. The van der Waals surface area contributed by atoms with Gasteiger partial charge in [0.1, 0.15) is 0 Å². The maximum absolute atomic E-state index is 10.8. The molecule has 120 valence electrons. The second kappa shape index (κ2) is 12.9. The Balaban J connectivity index is -0.000000320. The molecule has 1 atom stereocenters. The zero-order valence-electron chi connectivity index (χ0n) is 10.1. The first-order valence-corrected chi connectivity index (χ1v) is 6.46. The van der Waals surface area contributed by atoms with Crippen molar-refractivity contribution in [3.63, 3.8) is 0 Å². The zero-order valence-corrected chi connectivity index (χ0v) is 10.9. The lowest BCUT2D eigenvalue weighted by atomic mass is 10.0. The maximum Gasteiger partial charge on any atom is 0.333 e. The summed E-state index contributed by atoms with van der Waals surface area (Å²) in [4.78, 5) is 0. The summed E-state index contributed by atoms with van der Waals surface area (Å²) in [5.41, 5.74) is 6.19. The van der Waals surface area contributed by atoms with Gasteiger partial charge in [-0.25, -0.2) is 0 Å². The molecule has 4 N–H and O–H groups in total. The highest BCUT2D eigenvalue weighted by Gasteiger charge is 2.16. The molecule has 0 amide bonds. The summed E-state index contributed by atoms with van der Waals surface area (Å²) in [7, 11) is -4.19. The molecule has 0 heterocycles. The van der Waals surface area contributed by atoms with Gasteiger partial charge in [-0.3, -0.25) is 18.7 Å². The second-order valence-electron chi connectivity index (χ2n) is 3.49. The van der Waals surface area contributed by atoms with Crippen molar-refractivity contribution in [2.75, 3.05) is 6.54 Å². The van der Waals surface area contributed by atoms with E-state index < -0.39 is 16.3 Å². The lowest BCUT2D eigenvalue weighted by molar-refractivity contribution is 0.445. The van der Waals surface area contributed by atoms with E-state index in [-0.39, 0.29) is 22.5 Å². The van der Waals surface area contributed by atoms with Crippen LogP contribution in [0, 0.1) is 0 Å². The smallest absolute Gasteiger partial charge is 0.330 e. The highest BCUT2D eigenvalue weighted by Crippen LogP contribution is 2.18. The van der Waals surface area contributed by atoms with E-state index in [4.69, 9.17) is 10.3 Å². The minimum Gasteiger partial charge on any atom is -0.330 e. The molecule has 1 aromatic carbocycles. The Morgan fingerprint density at radius 2 is 1.65 bits per heavy atom. The zero-order chi connectivity index (χ0) is 12.0. The summed E-state index contributed by atoms with van der Waals surface area (Å²) in [5.74, 6) is 0. The van der Waals surface area contributed by atoms with Crippen LogP contribution in [0.3, 0.4) is 0 Å². The number of halogens is 3. The average molecular weight is 318 g/mol. The summed E-state index contributed by atoms with van der Waals surface area (Å²) < 4.78 is 32.5. The van der Waals surface area contributed by atoms with Gasteiger partial charge in [0.05, 0.1) is 8.41 Å². The van der Waals surface area contributed by atoms with Crippen molar-refractivity contribution in [3.05, 3.63) is 35.9 Å². The highest BCUT2D eigenvalue weighted by atomic mass is 32.2. The van der Waals surface area contributed by atoms with Gasteiger partial charge in [-0.1, -0.05) is 30.3 Å². The lowest BCUT2D eigenvalue weighted by Crippen LogP contribution is -2.28. The van der Waals surface area contributed by atoms with Gasteiger partial charge in [-0.15, -0.1) is 0 Å². The fraction of sp³-hybridized carbons (Fsp3) is 0.400. The molecule has 0 aliphatic rings. The van der Waals surface area contributed by atoms with Crippen molar-refractivity contribution in [1.82, 2.24) is 4.72 Å². The molecule has 0 aromatic heterocycles. The van der Waals surface area contributed by atoms with Crippen molar-refractivity contribution in [2.45, 2.75) is 18.9 Å². The SMILES string of the molecule is B.F.F.F.NCCCC(NS(=O)(=O)O)c1ccccc1. The molecule has 0 fully saturated rings. The van der Waals surface area contributed by atoms with E-state index in [1.165, 1.54) is 0 Å². The van der Waals surface area contributed by atoms with Crippen molar-refractivity contribution in [1.29, 1.82) is 0 Å². The Kier molecular flexibility index (Phi) is 17.6. The highest BCUT2D eigenvalue weighted by molar-refractivity contribution is 7.83. The molecular weight excluding hydrogens is 296 g/mol. The van der Waals surface area contributed by atoms with Crippen LogP contribution in [-0.4, -0.2) is 27.9 Å². The molecule has 10 heteroatoms. The van der Waals surface area contributed by atoms with Gasteiger partial charge in [0, 0.05) is 6.04 Å². The van der Waals surface area contributed by atoms with Gasteiger partial charge < -0.3 is 5.73 Å². The summed E-state index contributed by atoms with van der Waals surface area (Å²) in [6.07, 6.45) is 1.24. The standard InChI is InChI=1S/C10H16N2O3S.BH3.3FH/c11-8-4-7-10(12-16(13,14)15)9-5-2-1-3-6-9;;;;/h1-3,5-6,10,12H,4,7-8,11H2,(H,13,14,15);1H3;3*1H. The van der Waals surface area contributed by atoms with E-state index >= 15 is 0 Å². The molecule has 0 saturated heterocycles. The first-order valence-electron chi connectivity index (χ1n) is 5.02. The number of nitrogens with one attached hydrogen (secondary N) is 1. The van der Waals surface area contributed by atoms with Gasteiger partial charge in [-0.05, 0) is 24.9 Å².